The minimum atomic E-state index is 0.838. The van der Waals surface area contributed by atoms with Gasteiger partial charge in [0.15, 0.2) is 11.0 Å². The van der Waals surface area contributed by atoms with Gasteiger partial charge in [-0.3, -0.25) is 0 Å². The lowest BCUT2D eigenvalue weighted by atomic mass is 10.2. The fourth-order valence-corrected chi connectivity index (χ4v) is 7.51. The number of nitrogens with zero attached hydrogens (tertiary/aromatic N) is 5. The zero-order valence-electron chi connectivity index (χ0n) is 29.1. The molecule has 0 aliphatic carbocycles. The van der Waals surface area contributed by atoms with Crippen molar-refractivity contribution in [2.45, 2.75) is 6.54 Å². The van der Waals surface area contributed by atoms with Crippen LogP contribution in [0.3, 0.4) is 0 Å². The molecule has 0 atom stereocenters. The monoisotopic (exact) mass is 677 g/mol. The number of nitrogens with one attached hydrogen (secondary N) is 1. The lowest BCUT2D eigenvalue weighted by Gasteiger charge is -2.21. The molecule has 6 nitrogen and oxygen atoms in total. The molecule has 0 saturated heterocycles. The number of benzene rings is 4. The molecule has 0 bridgehead atoms. The summed E-state index contributed by atoms with van der Waals surface area (Å²) in [6.45, 7) is 2.70. The van der Waals surface area contributed by atoms with E-state index in [9.17, 15) is 0 Å². The third kappa shape index (κ3) is 9.20. The van der Waals surface area contributed by atoms with Crippen molar-refractivity contribution in [2.75, 3.05) is 79.9 Å². The molecular weight excluding hydrogens is 629 g/mol. The highest BCUT2D eigenvalue weighted by atomic mass is 33.1. The van der Waals surface area contributed by atoms with Gasteiger partial charge in [-0.25, -0.2) is 9.13 Å². The Morgan fingerprint density at radius 2 is 1.29 bits per heavy atom. The Labute approximate surface area is 295 Å². The Kier molecular flexibility index (Phi) is 12.6. The minimum Gasteiger partial charge on any atom is -0.383 e. The van der Waals surface area contributed by atoms with Gasteiger partial charge >= 0.3 is 0 Å². The van der Waals surface area contributed by atoms with Gasteiger partial charge in [0, 0.05) is 77.3 Å². The highest BCUT2D eigenvalue weighted by Crippen LogP contribution is 2.27. The predicted octanol–water partition coefficient (Wildman–Crippen LogP) is 8.41. The second kappa shape index (κ2) is 17.2. The van der Waals surface area contributed by atoms with Crippen LogP contribution in [0.25, 0.3) is 29.3 Å². The number of anilines is 4. The molecule has 48 heavy (non-hydrogen) atoms. The van der Waals surface area contributed by atoms with Crippen molar-refractivity contribution >= 4 is 73.6 Å². The minimum absolute atomic E-state index is 0.838. The molecule has 0 saturated carbocycles. The molecule has 0 radical (unpaired) electrons. The Morgan fingerprint density at radius 1 is 0.688 bits per heavy atom. The molecule has 0 amide bonds. The standard InChI is InChI=1S/C40H49N6S2/c1-42(2)34-22-17-32(18-23-34)12-11-28-44(5)37-14-8-7-13-36(37)41-27-30-47-48-31-29-46-39-16-10-9-15-38(39)45(6)40(46)26-21-33-19-24-35(25-20-33)43(3)4/h7-26,41H,27-31H2,1-6H3/q+1/b12-11+. The highest BCUT2D eigenvalue weighted by Gasteiger charge is 2.20. The highest BCUT2D eigenvalue weighted by molar-refractivity contribution is 8.76. The van der Waals surface area contributed by atoms with E-state index in [0.717, 1.165) is 31.1 Å². The maximum Gasteiger partial charge on any atom is 0.282 e. The van der Waals surface area contributed by atoms with Crippen molar-refractivity contribution in [2.24, 2.45) is 7.05 Å². The second-order valence-corrected chi connectivity index (χ2v) is 14.9. The van der Waals surface area contributed by atoms with Gasteiger partial charge in [-0.1, -0.05) is 82.3 Å². The molecule has 0 aliphatic rings. The molecule has 0 unspecified atom stereocenters. The summed E-state index contributed by atoms with van der Waals surface area (Å²) in [5, 5.41) is 3.68. The SMILES string of the molecule is CN(C)c1ccc(/C=C/CN(C)c2ccccc2NCCSSCCn2c(/C=C/c3ccc(N(C)C)cc3)[n+](C)c3ccccc32)cc1. The van der Waals surface area contributed by atoms with Crippen LogP contribution in [-0.2, 0) is 13.6 Å². The van der Waals surface area contributed by atoms with Crippen LogP contribution in [0.5, 0.6) is 0 Å². The van der Waals surface area contributed by atoms with Crippen LogP contribution in [0.2, 0.25) is 0 Å². The summed E-state index contributed by atoms with van der Waals surface area (Å²) in [5.74, 6) is 3.27. The maximum absolute atomic E-state index is 3.68. The summed E-state index contributed by atoms with van der Waals surface area (Å²) in [4.78, 5) is 6.54. The van der Waals surface area contributed by atoms with Gasteiger partial charge in [0.2, 0.25) is 0 Å². The summed E-state index contributed by atoms with van der Waals surface area (Å²) in [6, 6.07) is 34.6. The molecule has 250 valence electrons. The molecular formula is C40H49N6S2+. The van der Waals surface area contributed by atoms with Crippen molar-refractivity contribution in [3.63, 3.8) is 0 Å². The number of para-hydroxylation sites is 4. The maximum atomic E-state index is 3.68. The lowest BCUT2D eigenvalue weighted by molar-refractivity contribution is -0.647. The summed E-state index contributed by atoms with van der Waals surface area (Å²) in [6.07, 6.45) is 8.89. The van der Waals surface area contributed by atoms with Gasteiger partial charge in [-0.2, -0.15) is 0 Å². The smallest absolute Gasteiger partial charge is 0.282 e. The fourth-order valence-electron chi connectivity index (χ4n) is 5.65. The molecule has 5 aromatic rings. The van der Waals surface area contributed by atoms with Gasteiger partial charge < -0.3 is 20.0 Å². The molecule has 1 aromatic heterocycles. The van der Waals surface area contributed by atoms with Crippen LogP contribution in [0, 0.1) is 0 Å². The Morgan fingerprint density at radius 3 is 1.98 bits per heavy atom. The van der Waals surface area contributed by atoms with Crippen molar-refractivity contribution in [1.82, 2.24) is 4.57 Å². The van der Waals surface area contributed by atoms with Crippen molar-refractivity contribution in [1.29, 1.82) is 0 Å². The number of aromatic nitrogens is 2. The van der Waals surface area contributed by atoms with Crippen LogP contribution in [0.4, 0.5) is 22.7 Å². The number of rotatable bonds is 16. The average Bonchev–Trinajstić information content (AvgIpc) is 3.37. The summed E-state index contributed by atoms with van der Waals surface area (Å²) < 4.78 is 4.75. The van der Waals surface area contributed by atoms with Crippen LogP contribution >= 0.6 is 21.6 Å². The molecule has 8 heteroatoms. The molecule has 1 heterocycles. The quantitative estimate of drug-likeness (QED) is 0.0641. The van der Waals surface area contributed by atoms with Crippen molar-refractivity contribution in [3.05, 3.63) is 120 Å². The van der Waals surface area contributed by atoms with E-state index in [1.165, 1.54) is 50.7 Å². The molecule has 0 fully saturated rings. The largest absolute Gasteiger partial charge is 0.383 e. The van der Waals surface area contributed by atoms with Gasteiger partial charge in [0.05, 0.1) is 18.4 Å². The summed E-state index contributed by atoms with van der Waals surface area (Å²) in [7, 11) is 16.5. The first-order chi connectivity index (χ1) is 23.3. The van der Waals surface area contributed by atoms with Crippen molar-refractivity contribution in [3.8, 4) is 0 Å². The van der Waals surface area contributed by atoms with Crippen LogP contribution in [-0.4, -0.2) is 64.4 Å². The topological polar surface area (TPSA) is 30.6 Å². The zero-order valence-corrected chi connectivity index (χ0v) is 30.8. The summed E-state index contributed by atoms with van der Waals surface area (Å²) >= 11 is 0. The number of fused-ring (bicyclic) bond motifs is 1. The van der Waals surface area contributed by atoms with Gasteiger partial charge in [0.1, 0.15) is 6.54 Å². The fraction of sp³-hybridized carbons (Fsp3) is 0.275. The van der Waals surface area contributed by atoms with E-state index in [1.54, 1.807) is 0 Å². The van der Waals surface area contributed by atoms with E-state index in [1.807, 2.05) is 21.6 Å². The van der Waals surface area contributed by atoms with Crippen LogP contribution in [0.15, 0.2) is 103 Å². The molecule has 4 aromatic carbocycles. The van der Waals surface area contributed by atoms with E-state index < -0.39 is 0 Å². The predicted molar refractivity (Wildman–Crippen MR) is 216 cm³/mol. The van der Waals surface area contributed by atoms with E-state index in [4.69, 9.17) is 0 Å². The number of hydrogen-bond donors (Lipinski definition) is 1. The first-order valence-corrected chi connectivity index (χ1v) is 19.0. The van der Waals surface area contributed by atoms with Gasteiger partial charge in [-0.05, 0) is 65.7 Å². The van der Waals surface area contributed by atoms with Gasteiger partial charge in [-0.15, -0.1) is 0 Å². The Bertz CT molecular complexity index is 1810. The third-order valence-electron chi connectivity index (χ3n) is 8.39. The van der Waals surface area contributed by atoms with Gasteiger partial charge in [0.25, 0.3) is 5.82 Å². The average molecular weight is 678 g/mol. The van der Waals surface area contributed by atoms with E-state index in [0.29, 0.717) is 0 Å². The Balaban J connectivity index is 1.11. The van der Waals surface area contributed by atoms with Crippen LogP contribution < -0.4 is 24.6 Å². The number of likely N-dealkylation sites (N-methyl/N-ethyl adjacent to an activating group) is 1. The Hall–Kier alpha value is -4.27. The summed E-state index contributed by atoms with van der Waals surface area (Å²) in [5.41, 5.74) is 9.74. The molecule has 5 rings (SSSR count). The first-order valence-electron chi connectivity index (χ1n) is 16.5. The number of aryl methyl sites for hydroxylation is 2. The zero-order chi connectivity index (χ0) is 33.9. The van der Waals surface area contributed by atoms with E-state index >= 15 is 0 Å². The molecule has 0 aliphatic heterocycles. The van der Waals surface area contributed by atoms with E-state index in [-0.39, 0.29) is 0 Å². The second-order valence-electron chi connectivity index (χ2n) is 12.2. The third-order valence-corrected chi connectivity index (χ3v) is 10.8. The lowest BCUT2D eigenvalue weighted by Crippen LogP contribution is -2.31. The van der Waals surface area contributed by atoms with Crippen molar-refractivity contribution < 1.29 is 4.57 Å². The first kappa shape index (κ1) is 35.0. The molecule has 1 N–H and O–H groups in total. The normalized spacial score (nSPS) is 11.5. The van der Waals surface area contributed by atoms with Crippen LogP contribution in [0.1, 0.15) is 17.0 Å². The number of imidazole rings is 1. The molecule has 0 spiro atoms. The van der Waals surface area contributed by atoms with E-state index in [2.05, 4.69) is 193 Å². The number of hydrogen-bond acceptors (Lipinski definition) is 6.